The van der Waals surface area contributed by atoms with Crippen molar-refractivity contribution in [3.63, 3.8) is 0 Å². The number of ketones is 1. The molecule has 0 aliphatic carbocycles. The van der Waals surface area contributed by atoms with E-state index in [9.17, 15) is 4.79 Å². The largest absolute Gasteiger partial charge is 0.398 e. The molecule has 18 heavy (non-hydrogen) atoms. The first-order valence-corrected chi connectivity index (χ1v) is 6.41. The van der Waals surface area contributed by atoms with E-state index >= 15 is 0 Å². The van der Waals surface area contributed by atoms with E-state index in [-0.39, 0.29) is 12.2 Å². The van der Waals surface area contributed by atoms with Gasteiger partial charge in [-0.3, -0.25) is 9.78 Å². The molecule has 1 heterocycles. The molecule has 0 fully saturated rings. The Labute approximate surface area is 118 Å². The molecule has 0 aliphatic rings. The van der Waals surface area contributed by atoms with E-state index in [1.807, 2.05) is 6.07 Å². The molecule has 5 heteroatoms. The third kappa shape index (κ3) is 3.09. The molecule has 2 rings (SSSR count). The second kappa shape index (κ2) is 5.50. The summed E-state index contributed by atoms with van der Waals surface area (Å²) in [7, 11) is 0. The molecule has 0 radical (unpaired) electrons. The van der Waals surface area contributed by atoms with Crippen LogP contribution in [0.15, 0.2) is 41.1 Å². The summed E-state index contributed by atoms with van der Waals surface area (Å²) < 4.78 is 0.844. The molecule has 0 aliphatic heterocycles. The highest BCUT2D eigenvalue weighted by Gasteiger charge is 2.11. The van der Waals surface area contributed by atoms with E-state index in [2.05, 4.69) is 20.9 Å². The predicted octanol–water partition coefficient (Wildman–Crippen LogP) is 3.51. The van der Waals surface area contributed by atoms with E-state index in [1.165, 1.54) is 0 Å². The topological polar surface area (TPSA) is 56.0 Å². The minimum absolute atomic E-state index is 0.0518. The molecule has 0 saturated heterocycles. The lowest BCUT2D eigenvalue weighted by Gasteiger charge is -2.05. The van der Waals surface area contributed by atoms with Crippen molar-refractivity contribution in [3.8, 4) is 0 Å². The number of anilines is 1. The lowest BCUT2D eigenvalue weighted by molar-refractivity contribution is 0.0993. The number of rotatable bonds is 3. The minimum atomic E-state index is -0.0518. The molecule has 0 unspecified atom stereocenters. The van der Waals surface area contributed by atoms with Crippen LogP contribution in [0.2, 0.25) is 5.02 Å². The fraction of sp³-hybridized carbons (Fsp3) is 0.0769. The highest BCUT2D eigenvalue weighted by molar-refractivity contribution is 9.10. The summed E-state index contributed by atoms with van der Waals surface area (Å²) in [6, 6.07) is 6.74. The molecule has 0 atom stereocenters. The molecule has 0 saturated carbocycles. The summed E-state index contributed by atoms with van der Waals surface area (Å²) in [6.45, 7) is 0. The van der Waals surface area contributed by atoms with Gasteiger partial charge in [-0.25, -0.2) is 0 Å². The molecular formula is C13H10BrClN2O. The van der Waals surface area contributed by atoms with Crippen LogP contribution in [0.4, 0.5) is 5.69 Å². The molecule has 2 aromatic rings. The Kier molecular flexibility index (Phi) is 3.99. The van der Waals surface area contributed by atoms with Crippen LogP contribution in [-0.4, -0.2) is 10.8 Å². The summed E-state index contributed by atoms with van der Waals surface area (Å²) in [4.78, 5) is 16.1. The van der Waals surface area contributed by atoms with Gasteiger partial charge in [0.05, 0.1) is 0 Å². The fourth-order valence-electron chi connectivity index (χ4n) is 1.62. The molecule has 1 aromatic carbocycles. The number of Topliss-reactive ketones (excluding diaryl/α,β-unsaturated/α-hetero) is 1. The number of aromatic nitrogens is 1. The third-order valence-corrected chi connectivity index (χ3v) is 3.11. The van der Waals surface area contributed by atoms with Gasteiger partial charge in [-0.2, -0.15) is 0 Å². The maximum Gasteiger partial charge on any atom is 0.169 e. The van der Waals surface area contributed by atoms with Gasteiger partial charge in [-0.1, -0.05) is 11.6 Å². The van der Waals surface area contributed by atoms with Crippen LogP contribution in [0.1, 0.15) is 15.9 Å². The van der Waals surface area contributed by atoms with Crippen molar-refractivity contribution < 1.29 is 4.79 Å². The smallest absolute Gasteiger partial charge is 0.169 e. The van der Waals surface area contributed by atoms with Gasteiger partial charge in [0.2, 0.25) is 0 Å². The highest BCUT2D eigenvalue weighted by atomic mass is 79.9. The normalized spacial score (nSPS) is 10.3. The number of halogens is 2. The Morgan fingerprint density at radius 1 is 1.33 bits per heavy atom. The van der Waals surface area contributed by atoms with E-state index in [0.29, 0.717) is 16.3 Å². The fourth-order valence-corrected chi connectivity index (χ4v) is 2.21. The molecule has 2 N–H and O–H groups in total. The molecular weight excluding hydrogens is 316 g/mol. The van der Waals surface area contributed by atoms with Gasteiger partial charge in [-0.15, -0.1) is 0 Å². The lowest BCUT2D eigenvalue weighted by atomic mass is 10.0. The Balaban J connectivity index is 2.22. The Hall–Kier alpha value is -1.39. The number of nitrogen functional groups attached to an aromatic ring is 1. The Bertz CT molecular complexity index is 601. The van der Waals surface area contributed by atoms with Gasteiger partial charge in [0, 0.05) is 39.6 Å². The molecule has 3 nitrogen and oxygen atoms in total. The summed E-state index contributed by atoms with van der Waals surface area (Å²) in [6.07, 6.45) is 3.59. The average Bonchev–Trinajstić information content (AvgIpc) is 2.28. The molecule has 92 valence electrons. The Morgan fingerprint density at radius 3 is 2.78 bits per heavy atom. The van der Waals surface area contributed by atoms with Crippen molar-refractivity contribution in [2.45, 2.75) is 6.42 Å². The lowest BCUT2D eigenvalue weighted by Crippen LogP contribution is -2.07. The van der Waals surface area contributed by atoms with Gasteiger partial charge in [0.15, 0.2) is 5.78 Å². The van der Waals surface area contributed by atoms with Gasteiger partial charge in [0.25, 0.3) is 0 Å². The molecule has 0 amide bonds. The van der Waals surface area contributed by atoms with Gasteiger partial charge < -0.3 is 5.73 Å². The third-order valence-electron chi connectivity index (χ3n) is 2.44. The van der Waals surface area contributed by atoms with E-state index in [1.54, 1.807) is 30.6 Å². The molecule has 0 spiro atoms. The number of carbonyl (C=O) groups is 1. The number of benzene rings is 1. The first-order valence-electron chi connectivity index (χ1n) is 5.24. The van der Waals surface area contributed by atoms with E-state index in [4.69, 9.17) is 17.3 Å². The zero-order chi connectivity index (χ0) is 13.1. The van der Waals surface area contributed by atoms with E-state index in [0.717, 1.165) is 10.0 Å². The van der Waals surface area contributed by atoms with Crippen LogP contribution < -0.4 is 5.73 Å². The summed E-state index contributed by atoms with van der Waals surface area (Å²) in [5.41, 5.74) is 7.50. The first-order chi connectivity index (χ1) is 8.56. The van der Waals surface area contributed by atoms with Crippen molar-refractivity contribution in [3.05, 3.63) is 57.3 Å². The van der Waals surface area contributed by atoms with Crippen LogP contribution in [-0.2, 0) is 6.42 Å². The van der Waals surface area contributed by atoms with Gasteiger partial charge in [0.1, 0.15) is 0 Å². The highest BCUT2D eigenvalue weighted by Crippen LogP contribution is 2.20. The van der Waals surface area contributed by atoms with Crippen molar-refractivity contribution in [2.24, 2.45) is 0 Å². The van der Waals surface area contributed by atoms with Crippen LogP contribution in [0.3, 0.4) is 0 Å². The SMILES string of the molecule is Nc1cc(Cl)ccc1C(=O)Cc1cncc(Br)c1. The van der Waals surface area contributed by atoms with Crippen molar-refractivity contribution >= 4 is 39.0 Å². The quantitative estimate of drug-likeness (QED) is 0.694. The second-order valence-corrected chi connectivity index (χ2v) is 5.20. The monoisotopic (exact) mass is 324 g/mol. The molecule has 1 aromatic heterocycles. The first kappa shape index (κ1) is 13.1. The summed E-state index contributed by atoms with van der Waals surface area (Å²) in [5, 5.41) is 0.521. The average molecular weight is 326 g/mol. The number of nitrogens with two attached hydrogens (primary N) is 1. The van der Waals surface area contributed by atoms with Crippen molar-refractivity contribution in [1.82, 2.24) is 4.98 Å². The number of carbonyl (C=O) groups excluding carboxylic acids is 1. The molecule has 0 bridgehead atoms. The van der Waals surface area contributed by atoms with Crippen molar-refractivity contribution in [2.75, 3.05) is 5.73 Å². The number of nitrogens with zero attached hydrogens (tertiary/aromatic N) is 1. The number of hydrogen-bond acceptors (Lipinski definition) is 3. The zero-order valence-corrected chi connectivity index (χ0v) is 11.7. The maximum atomic E-state index is 12.1. The van der Waals surface area contributed by atoms with Crippen LogP contribution >= 0.6 is 27.5 Å². The van der Waals surface area contributed by atoms with Crippen LogP contribution in [0.25, 0.3) is 0 Å². The van der Waals surface area contributed by atoms with Gasteiger partial charge >= 0.3 is 0 Å². The maximum absolute atomic E-state index is 12.1. The zero-order valence-electron chi connectivity index (χ0n) is 9.36. The predicted molar refractivity (Wildman–Crippen MR) is 75.8 cm³/mol. The summed E-state index contributed by atoms with van der Waals surface area (Å²) >= 11 is 9.11. The number of hydrogen-bond donors (Lipinski definition) is 1. The van der Waals surface area contributed by atoms with Crippen LogP contribution in [0.5, 0.6) is 0 Å². The van der Waals surface area contributed by atoms with E-state index < -0.39 is 0 Å². The standard InChI is InChI=1S/C13H10BrClN2O/c14-9-3-8(6-17-7-9)4-13(18)11-2-1-10(15)5-12(11)16/h1-3,5-7H,4,16H2. The minimum Gasteiger partial charge on any atom is -0.398 e. The van der Waals surface area contributed by atoms with Gasteiger partial charge in [-0.05, 0) is 45.8 Å². The number of pyridine rings is 1. The van der Waals surface area contributed by atoms with Crippen LogP contribution in [0, 0.1) is 0 Å². The second-order valence-electron chi connectivity index (χ2n) is 3.84. The Morgan fingerprint density at radius 2 is 2.11 bits per heavy atom. The summed E-state index contributed by atoms with van der Waals surface area (Å²) in [5.74, 6) is -0.0518. The van der Waals surface area contributed by atoms with Crippen molar-refractivity contribution in [1.29, 1.82) is 0 Å².